The van der Waals surface area contributed by atoms with E-state index in [4.69, 9.17) is 4.98 Å². The van der Waals surface area contributed by atoms with Gasteiger partial charge < -0.3 is 5.32 Å². The molecule has 7 rings (SSSR count). The van der Waals surface area contributed by atoms with E-state index in [0.29, 0.717) is 16.7 Å². The first-order valence-electron chi connectivity index (χ1n) is 13.9. The Hall–Kier alpha value is -4.43. The second-order valence-corrected chi connectivity index (χ2v) is 12.5. The third kappa shape index (κ3) is 5.30. The van der Waals surface area contributed by atoms with Gasteiger partial charge >= 0.3 is 0 Å². The Morgan fingerprint density at radius 3 is 2.19 bits per heavy atom. The molecule has 0 fully saturated rings. The van der Waals surface area contributed by atoms with Crippen LogP contribution >= 0.6 is 22.7 Å². The van der Waals surface area contributed by atoms with Crippen molar-refractivity contribution in [3.05, 3.63) is 142 Å². The molecule has 7 heteroatoms. The fourth-order valence-corrected chi connectivity index (χ4v) is 7.83. The summed E-state index contributed by atoms with van der Waals surface area (Å²) in [4.78, 5) is 35.1. The second-order valence-electron chi connectivity index (χ2n) is 10.4. The highest BCUT2D eigenvalue weighted by molar-refractivity contribution is 7.23. The van der Waals surface area contributed by atoms with Crippen molar-refractivity contribution in [2.24, 2.45) is 0 Å². The number of aromatic nitrogens is 1. The van der Waals surface area contributed by atoms with E-state index in [1.54, 1.807) is 59.1 Å². The van der Waals surface area contributed by atoms with Crippen LogP contribution < -0.4 is 5.32 Å². The lowest BCUT2D eigenvalue weighted by atomic mass is 10.0. The van der Waals surface area contributed by atoms with E-state index in [0.717, 1.165) is 51.8 Å². The minimum Gasteiger partial charge on any atom is -0.313 e. The monoisotopic (exact) mass is 585 g/mol. The van der Waals surface area contributed by atoms with Crippen LogP contribution in [0.2, 0.25) is 0 Å². The number of rotatable bonds is 7. The van der Waals surface area contributed by atoms with E-state index in [1.165, 1.54) is 16.0 Å². The molecule has 206 valence electrons. The van der Waals surface area contributed by atoms with E-state index in [1.807, 2.05) is 42.5 Å². The average molecular weight is 586 g/mol. The smallest absolute Gasteiger partial charge is 0.256 e. The minimum absolute atomic E-state index is 0.0633. The molecular weight excluding hydrogens is 559 g/mol. The molecule has 1 aliphatic rings. The normalized spacial score (nSPS) is 13.1. The van der Waals surface area contributed by atoms with Crippen LogP contribution in [0.1, 0.15) is 42.3 Å². The van der Waals surface area contributed by atoms with E-state index in [9.17, 15) is 9.59 Å². The summed E-state index contributed by atoms with van der Waals surface area (Å²) in [6.07, 6.45) is 0.899. The van der Waals surface area contributed by atoms with Gasteiger partial charge in [-0.15, -0.1) is 22.7 Å². The molecule has 0 radical (unpaired) electrons. The number of thiophene rings is 1. The summed E-state index contributed by atoms with van der Waals surface area (Å²) in [5, 5.41) is 4.98. The Bertz CT molecular complexity index is 1860. The number of thiazole rings is 1. The van der Waals surface area contributed by atoms with Gasteiger partial charge in [0.1, 0.15) is 10.0 Å². The molecule has 1 amide bonds. The van der Waals surface area contributed by atoms with Crippen LogP contribution in [0.25, 0.3) is 20.8 Å². The summed E-state index contributed by atoms with van der Waals surface area (Å²) in [5.74, 6) is -0.262. The van der Waals surface area contributed by atoms with Crippen molar-refractivity contribution >= 4 is 49.6 Å². The van der Waals surface area contributed by atoms with Crippen molar-refractivity contribution in [2.45, 2.75) is 19.5 Å². The molecule has 5 nitrogen and oxygen atoms in total. The molecule has 1 aliphatic heterocycles. The van der Waals surface area contributed by atoms with E-state index < -0.39 is 0 Å². The lowest BCUT2D eigenvalue weighted by molar-refractivity contribution is 0.102. The van der Waals surface area contributed by atoms with Crippen molar-refractivity contribution in [1.29, 1.82) is 0 Å². The first kappa shape index (κ1) is 26.5. The van der Waals surface area contributed by atoms with Gasteiger partial charge in [0, 0.05) is 46.8 Å². The highest BCUT2D eigenvalue weighted by Crippen LogP contribution is 2.46. The fourth-order valence-electron chi connectivity index (χ4n) is 5.43. The number of hydrogen-bond donors (Lipinski definition) is 1. The van der Waals surface area contributed by atoms with Crippen LogP contribution in [-0.2, 0) is 19.5 Å². The zero-order valence-electron chi connectivity index (χ0n) is 22.7. The number of hydrogen-bond acceptors (Lipinski definition) is 6. The lowest BCUT2D eigenvalue weighted by Crippen LogP contribution is -2.29. The molecule has 3 heterocycles. The maximum atomic E-state index is 13.5. The van der Waals surface area contributed by atoms with Crippen molar-refractivity contribution < 1.29 is 9.59 Å². The molecule has 0 saturated heterocycles. The molecule has 0 spiro atoms. The second kappa shape index (κ2) is 11.4. The van der Waals surface area contributed by atoms with Gasteiger partial charge in [-0.1, -0.05) is 84.9 Å². The number of nitrogens with one attached hydrogen (secondary N) is 1. The average Bonchev–Trinajstić information content (AvgIpc) is 3.62. The van der Waals surface area contributed by atoms with Gasteiger partial charge in [-0.05, 0) is 41.8 Å². The van der Waals surface area contributed by atoms with Gasteiger partial charge in [0.25, 0.3) is 5.91 Å². The van der Waals surface area contributed by atoms with Gasteiger partial charge in [-0.3, -0.25) is 14.5 Å². The number of carbonyl (C=O) groups is 2. The van der Waals surface area contributed by atoms with Crippen molar-refractivity contribution in [2.75, 3.05) is 11.9 Å². The largest absolute Gasteiger partial charge is 0.313 e. The third-order valence-corrected chi connectivity index (χ3v) is 9.75. The Labute approximate surface area is 252 Å². The first-order chi connectivity index (χ1) is 20.6. The topological polar surface area (TPSA) is 62.3 Å². The van der Waals surface area contributed by atoms with E-state index in [2.05, 4.69) is 40.5 Å². The molecule has 0 bridgehead atoms. The molecule has 0 aliphatic carbocycles. The fraction of sp³-hybridized carbons (Fsp3) is 0.114. The summed E-state index contributed by atoms with van der Waals surface area (Å²) in [7, 11) is 0. The molecule has 2 aromatic heterocycles. The van der Waals surface area contributed by atoms with Crippen molar-refractivity contribution in [1.82, 2.24) is 9.88 Å². The van der Waals surface area contributed by atoms with Crippen LogP contribution in [0.3, 0.4) is 0 Å². The van der Waals surface area contributed by atoms with Gasteiger partial charge in [0.05, 0.1) is 10.2 Å². The first-order valence-corrected chi connectivity index (χ1v) is 15.5. The molecular formula is C35H27N3O2S2. The highest BCUT2D eigenvalue weighted by Gasteiger charge is 2.28. The molecule has 42 heavy (non-hydrogen) atoms. The summed E-state index contributed by atoms with van der Waals surface area (Å²) in [5.41, 5.74) is 6.27. The summed E-state index contributed by atoms with van der Waals surface area (Å²) < 4.78 is 1.13. The predicted octanol–water partition coefficient (Wildman–Crippen LogP) is 8.07. The molecule has 0 saturated carbocycles. The van der Waals surface area contributed by atoms with Crippen LogP contribution in [0, 0.1) is 0 Å². The van der Waals surface area contributed by atoms with Crippen molar-refractivity contribution in [3.8, 4) is 10.6 Å². The van der Waals surface area contributed by atoms with Crippen LogP contribution in [0.4, 0.5) is 5.00 Å². The molecule has 0 atom stereocenters. The number of anilines is 1. The van der Waals surface area contributed by atoms with Gasteiger partial charge in [-0.25, -0.2) is 4.98 Å². The molecule has 1 N–H and O–H groups in total. The lowest BCUT2D eigenvalue weighted by Gasteiger charge is -2.27. The van der Waals surface area contributed by atoms with Crippen LogP contribution in [0.15, 0.2) is 109 Å². The summed E-state index contributed by atoms with van der Waals surface area (Å²) in [6, 6.07) is 34.8. The maximum Gasteiger partial charge on any atom is 0.256 e. The molecule has 0 unspecified atom stereocenters. The third-order valence-electron chi connectivity index (χ3n) is 7.57. The number of fused-ring (bicyclic) bond motifs is 2. The maximum absolute atomic E-state index is 13.5. The zero-order valence-corrected chi connectivity index (χ0v) is 24.4. The number of ketones is 1. The van der Waals surface area contributed by atoms with Gasteiger partial charge in [-0.2, -0.15) is 0 Å². The summed E-state index contributed by atoms with van der Waals surface area (Å²) in [6.45, 7) is 2.67. The molecule has 6 aromatic rings. The van der Waals surface area contributed by atoms with Crippen LogP contribution in [-0.4, -0.2) is 28.1 Å². The van der Waals surface area contributed by atoms with Gasteiger partial charge in [0.2, 0.25) is 0 Å². The van der Waals surface area contributed by atoms with E-state index >= 15 is 0 Å². The van der Waals surface area contributed by atoms with Crippen molar-refractivity contribution in [3.63, 3.8) is 0 Å². The number of amides is 1. The van der Waals surface area contributed by atoms with E-state index in [-0.39, 0.29) is 11.7 Å². The Morgan fingerprint density at radius 1 is 0.762 bits per heavy atom. The summed E-state index contributed by atoms with van der Waals surface area (Å²) >= 11 is 3.31. The SMILES string of the molecule is O=C(Nc1sc2c(c1-c1nc3ccccc3s1)CCN(Cc1ccccc1)C2)c1ccc(C(=O)c2ccccc2)cc1. The highest BCUT2D eigenvalue weighted by atomic mass is 32.1. The molecule has 4 aromatic carbocycles. The Kier molecular flexibility index (Phi) is 7.22. The van der Waals surface area contributed by atoms with Gasteiger partial charge in [0.15, 0.2) is 5.78 Å². The quantitative estimate of drug-likeness (QED) is 0.193. The predicted molar refractivity (Wildman–Crippen MR) is 171 cm³/mol. The number of benzene rings is 4. The van der Waals surface area contributed by atoms with Crippen LogP contribution in [0.5, 0.6) is 0 Å². The Balaban J connectivity index is 1.18. The Morgan fingerprint density at radius 2 is 1.43 bits per heavy atom. The number of nitrogens with zero attached hydrogens (tertiary/aromatic N) is 2. The minimum atomic E-state index is -0.198. The number of para-hydroxylation sites is 1. The zero-order chi connectivity index (χ0) is 28.5. The standard InChI is InChI=1S/C35H27N3O2S2/c39-32(24-11-5-2-6-12-24)25-15-17-26(18-16-25)33(40)37-35-31(34-36-28-13-7-8-14-29(28)41-34)27-19-20-38(22-30(27)42-35)21-23-9-3-1-4-10-23/h1-18H,19-22H2,(H,37,40). The number of carbonyl (C=O) groups excluding carboxylic acids is 2.